The van der Waals surface area contributed by atoms with Crippen LogP contribution in [0.4, 0.5) is 0 Å². The first-order chi connectivity index (χ1) is 20.8. The Labute approximate surface area is 248 Å². The molecule has 6 aromatic rings. The van der Waals surface area contributed by atoms with Gasteiger partial charge in [0.15, 0.2) is 0 Å². The van der Waals surface area contributed by atoms with Gasteiger partial charge in [0.2, 0.25) is 0 Å². The molecule has 0 aliphatic carbocycles. The molecule has 3 saturated heterocycles. The van der Waals surface area contributed by atoms with Gasteiger partial charge in [-0.2, -0.15) is 0 Å². The molecule has 42 heavy (non-hydrogen) atoms. The van der Waals surface area contributed by atoms with Crippen LogP contribution >= 0.6 is 0 Å². The van der Waals surface area contributed by atoms with Gasteiger partial charge >= 0.3 is 0 Å². The van der Waals surface area contributed by atoms with Gasteiger partial charge in [0.1, 0.15) is 18.7 Å². The molecule has 3 aliphatic rings. The van der Waals surface area contributed by atoms with Crippen LogP contribution in [-0.4, -0.2) is 28.6 Å². The second-order valence-electron chi connectivity index (χ2n) is 12.5. The zero-order valence-electron chi connectivity index (χ0n) is 24.0. The number of pyridine rings is 1. The van der Waals surface area contributed by atoms with Crippen molar-refractivity contribution in [2.24, 2.45) is 5.92 Å². The normalized spacial score (nSPS) is 22.6. The minimum atomic E-state index is -0.0116. The van der Waals surface area contributed by atoms with Gasteiger partial charge < -0.3 is 9.22 Å². The third-order valence-electron chi connectivity index (χ3n) is 10.2. The number of hydrogen-bond donors (Lipinski definition) is 0. The Morgan fingerprint density at radius 3 is 2.10 bits per heavy atom. The van der Waals surface area contributed by atoms with Crippen molar-refractivity contribution in [3.63, 3.8) is 0 Å². The van der Waals surface area contributed by atoms with Crippen LogP contribution in [0.2, 0.25) is 0 Å². The van der Waals surface area contributed by atoms with Crippen molar-refractivity contribution in [2.75, 3.05) is 13.1 Å². The zero-order chi connectivity index (χ0) is 27.9. The predicted octanol–water partition coefficient (Wildman–Crippen LogP) is 9.00. The molecule has 3 fully saturated rings. The molecule has 208 valence electrons. The molecule has 0 amide bonds. The number of piperidine rings is 3. The Balaban J connectivity index is 1.27. The van der Waals surface area contributed by atoms with Crippen LogP contribution in [0.15, 0.2) is 121 Å². The molecule has 4 heterocycles. The predicted molar refractivity (Wildman–Crippen MR) is 172 cm³/mol. The molecule has 3 heteroatoms. The third kappa shape index (κ3) is 4.48. The largest absolute Gasteiger partial charge is 0.363 e. The molecule has 3 aliphatic heterocycles. The lowest BCUT2D eigenvalue weighted by Crippen LogP contribution is -2.65. The second-order valence-corrected chi connectivity index (χ2v) is 12.5. The molecule has 0 N–H and O–H groups in total. The molecule has 5 aromatic carbocycles. The first-order valence-corrected chi connectivity index (χ1v) is 15.5. The molecular weight excluding hydrogens is 512 g/mol. The third-order valence-corrected chi connectivity index (χ3v) is 10.2. The maximum atomic E-state index is 7.11. The number of benzene rings is 5. The number of nitrogens with zero attached hydrogens (tertiary/aromatic N) is 2. The van der Waals surface area contributed by atoms with Gasteiger partial charge in [-0.15, -0.1) is 0 Å². The van der Waals surface area contributed by atoms with Crippen molar-refractivity contribution in [2.45, 2.75) is 44.6 Å². The zero-order valence-corrected chi connectivity index (χ0v) is 24.0. The lowest BCUT2D eigenvalue weighted by atomic mass is 9.76. The van der Waals surface area contributed by atoms with E-state index in [9.17, 15) is 0 Å². The maximum absolute atomic E-state index is 7.11. The fraction of sp³-hybridized carbons (Fsp3) is 0.256. The smallest absolute Gasteiger partial charge is 0.135 e. The summed E-state index contributed by atoms with van der Waals surface area (Å²) in [5.41, 5.74) is 5.05. The number of aromatic nitrogens is 1. The van der Waals surface area contributed by atoms with Gasteiger partial charge in [-0.3, -0.25) is 4.98 Å². The Morgan fingerprint density at radius 2 is 1.36 bits per heavy atom. The van der Waals surface area contributed by atoms with Crippen LogP contribution in [0, 0.1) is 5.92 Å². The van der Waals surface area contributed by atoms with Gasteiger partial charge in [0, 0.05) is 23.6 Å². The van der Waals surface area contributed by atoms with Crippen molar-refractivity contribution in [3.8, 4) is 0 Å². The summed E-state index contributed by atoms with van der Waals surface area (Å²) < 4.78 is 8.20. The quantitative estimate of drug-likeness (QED) is 0.146. The Bertz CT molecular complexity index is 1810. The highest BCUT2D eigenvalue weighted by Gasteiger charge is 2.52. The van der Waals surface area contributed by atoms with Gasteiger partial charge in [0.25, 0.3) is 0 Å². The van der Waals surface area contributed by atoms with Gasteiger partial charge in [-0.05, 0) is 69.6 Å². The van der Waals surface area contributed by atoms with E-state index in [4.69, 9.17) is 9.72 Å². The maximum Gasteiger partial charge on any atom is 0.135 e. The van der Waals surface area contributed by atoms with Crippen molar-refractivity contribution in [1.82, 2.24) is 4.98 Å². The molecular formula is C39H37N2O+. The van der Waals surface area contributed by atoms with Crippen LogP contribution in [0.3, 0.4) is 0 Å². The second kappa shape index (κ2) is 10.7. The molecule has 0 spiro atoms. The summed E-state index contributed by atoms with van der Waals surface area (Å²) in [6, 6.07) is 42.2. The topological polar surface area (TPSA) is 22.1 Å². The van der Waals surface area contributed by atoms with E-state index in [0.29, 0.717) is 12.6 Å². The Hall–Kier alpha value is -4.05. The van der Waals surface area contributed by atoms with E-state index in [1.807, 2.05) is 6.20 Å². The van der Waals surface area contributed by atoms with E-state index in [1.165, 1.54) is 76.0 Å². The highest BCUT2D eigenvalue weighted by Crippen LogP contribution is 2.48. The molecule has 0 radical (unpaired) electrons. The minimum absolute atomic E-state index is 0.0116. The van der Waals surface area contributed by atoms with Gasteiger partial charge in [-0.1, -0.05) is 97.1 Å². The molecule has 1 aromatic heterocycles. The van der Waals surface area contributed by atoms with Crippen LogP contribution in [0.5, 0.6) is 0 Å². The van der Waals surface area contributed by atoms with Crippen LogP contribution in [-0.2, 0) is 17.9 Å². The van der Waals surface area contributed by atoms with Crippen molar-refractivity contribution in [3.05, 3.63) is 138 Å². The Kier molecular flexibility index (Phi) is 6.50. The molecule has 9 rings (SSSR count). The number of quaternary nitrogens is 1. The molecule has 2 bridgehead atoms. The van der Waals surface area contributed by atoms with E-state index in [1.54, 1.807) is 0 Å². The fourth-order valence-electron chi connectivity index (χ4n) is 8.08. The summed E-state index contributed by atoms with van der Waals surface area (Å²) in [5, 5.41) is 6.68. The van der Waals surface area contributed by atoms with Crippen LogP contribution in [0.25, 0.3) is 32.4 Å². The van der Waals surface area contributed by atoms with Crippen molar-refractivity contribution < 1.29 is 9.22 Å². The van der Waals surface area contributed by atoms with Crippen molar-refractivity contribution >= 4 is 32.4 Å². The summed E-state index contributed by atoms with van der Waals surface area (Å²) in [7, 11) is 0. The number of para-hydroxylation sites is 1. The summed E-state index contributed by atoms with van der Waals surface area (Å²) in [5.74, 6) is 0.773. The molecule has 3 nitrogen and oxygen atoms in total. The highest BCUT2D eigenvalue weighted by atomic mass is 16.5. The van der Waals surface area contributed by atoms with Crippen molar-refractivity contribution in [1.29, 1.82) is 0 Å². The van der Waals surface area contributed by atoms with E-state index in [-0.39, 0.29) is 6.10 Å². The molecule has 0 saturated carbocycles. The van der Waals surface area contributed by atoms with Crippen LogP contribution < -0.4 is 0 Å². The van der Waals surface area contributed by atoms with E-state index in [0.717, 1.165) is 22.5 Å². The van der Waals surface area contributed by atoms with Gasteiger partial charge in [0.05, 0.1) is 25.2 Å². The lowest BCUT2D eigenvalue weighted by molar-refractivity contribution is -0.981. The highest BCUT2D eigenvalue weighted by molar-refractivity contribution is 6.02. The summed E-state index contributed by atoms with van der Waals surface area (Å²) in [6.07, 6.45) is 5.79. The first kappa shape index (κ1) is 25.6. The number of fused-ring (bicyclic) bond motifs is 6. The average Bonchev–Trinajstić information content (AvgIpc) is 3.06. The van der Waals surface area contributed by atoms with E-state index >= 15 is 0 Å². The van der Waals surface area contributed by atoms with Crippen LogP contribution in [0.1, 0.15) is 42.1 Å². The fourth-order valence-corrected chi connectivity index (χ4v) is 8.08. The lowest BCUT2D eigenvalue weighted by Gasteiger charge is -2.56. The first-order valence-electron chi connectivity index (χ1n) is 15.5. The standard InChI is InChI=1S/C39H37N2O/c1-2-10-29(11-3-1)27-42-39(35-18-21-40-37-17-9-8-16-34(35)37)38-24-28-19-22-41(38,23-20-28)26-36-32-14-6-4-12-30(32)25-31-13-5-7-15-33(31)36/h1-18,21,25,28,38-39H,19-20,22-24,26-27H2/q+1/t28?,38?,39-,41?/m1/s1. The summed E-state index contributed by atoms with van der Waals surface area (Å²) in [6.45, 7) is 4.07. The van der Waals surface area contributed by atoms with Gasteiger partial charge in [-0.25, -0.2) is 0 Å². The summed E-state index contributed by atoms with van der Waals surface area (Å²) >= 11 is 0. The number of hydrogen-bond acceptors (Lipinski definition) is 2. The molecule has 1 unspecified atom stereocenters. The van der Waals surface area contributed by atoms with E-state index < -0.39 is 0 Å². The average molecular weight is 550 g/mol. The van der Waals surface area contributed by atoms with E-state index in [2.05, 4.69) is 115 Å². The molecule has 2 atom stereocenters. The number of ether oxygens (including phenoxy) is 1. The number of rotatable bonds is 7. The monoisotopic (exact) mass is 549 g/mol. The minimum Gasteiger partial charge on any atom is -0.363 e. The SMILES string of the molecule is c1ccc(CO[C@H](c2ccnc3ccccc23)C2CC3CC[N+]2(Cc2c4ccccc4cc4ccccc24)CC3)cc1. The Morgan fingerprint density at radius 1 is 0.714 bits per heavy atom. The summed E-state index contributed by atoms with van der Waals surface area (Å²) in [4.78, 5) is 4.73.